The Kier molecular flexibility index (Phi) is 6.77. The largest absolute Gasteiger partial charge is 0.374 e. The Balaban J connectivity index is 1.56. The van der Waals surface area contributed by atoms with Gasteiger partial charge in [-0.05, 0) is 55.4 Å². The van der Waals surface area contributed by atoms with E-state index in [4.69, 9.17) is 11.6 Å². The van der Waals surface area contributed by atoms with E-state index in [-0.39, 0.29) is 12.6 Å². The molecule has 0 fully saturated rings. The highest BCUT2D eigenvalue weighted by molar-refractivity contribution is 6.35. The van der Waals surface area contributed by atoms with E-state index in [9.17, 15) is 9.59 Å². The lowest BCUT2D eigenvalue weighted by molar-refractivity contribution is -0.139. The minimum atomic E-state index is -0.645. The second-order valence-corrected chi connectivity index (χ2v) is 7.99. The van der Waals surface area contributed by atoms with Crippen molar-refractivity contribution in [2.75, 3.05) is 39.1 Å². The Morgan fingerprint density at radius 1 is 1.10 bits per heavy atom. The summed E-state index contributed by atoms with van der Waals surface area (Å²) in [4.78, 5) is 28.7. The molecule has 0 bridgehead atoms. The molecule has 0 aromatic heterocycles. The van der Waals surface area contributed by atoms with Gasteiger partial charge in [-0.25, -0.2) is 0 Å². The number of halogens is 1. The van der Waals surface area contributed by atoms with Gasteiger partial charge in [0.1, 0.15) is 0 Å². The number of anilines is 1. The molecule has 0 spiro atoms. The standard InChI is InChI=1S/C22H27ClN4O2/c1-26(2)20(16-6-9-19-17(12-16)10-11-27(19)3)14-25-22(29)21(28)24-13-15-4-7-18(23)8-5-15/h4-9,12,20H,10-11,13-14H2,1-3H3,(H,24,28)(H,25,29)/t20-/m1/s1. The highest BCUT2D eigenvalue weighted by atomic mass is 35.5. The van der Waals surface area contributed by atoms with Crippen LogP contribution < -0.4 is 15.5 Å². The number of benzene rings is 2. The van der Waals surface area contributed by atoms with Crippen molar-refractivity contribution in [1.82, 2.24) is 15.5 Å². The Labute approximate surface area is 176 Å². The van der Waals surface area contributed by atoms with Gasteiger partial charge in [0.2, 0.25) is 0 Å². The van der Waals surface area contributed by atoms with Gasteiger partial charge in [-0.3, -0.25) is 9.59 Å². The summed E-state index contributed by atoms with van der Waals surface area (Å²) >= 11 is 5.85. The first-order valence-electron chi connectivity index (χ1n) is 9.66. The van der Waals surface area contributed by atoms with Gasteiger partial charge in [0.15, 0.2) is 0 Å². The predicted octanol–water partition coefficient (Wildman–Crippen LogP) is 2.37. The molecule has 0 aliphatic carbocycles. The van der Waals surface area contributed by atoms with Crippen LogP contribution in [0.2, 0.25) is 5.02 Å². The van der Waals surface area contributed by atoms with Crippen molar-refractivity contribution in [2.24, 2.45) is 0 Å². The Morgan fingerprint density at radius 2 is 1.79 bits per heavy atom. The van der Waals surface area contributed by atoms with E-state index in [1.165, 1.54) is 11.3 Å². The molecule has 1 heterocycles. The smallest absolute Gasteiger partial charge is 0.309 e. The van der Waals surface area contributed by atoms with Crippen LogP contribution in [0.1, 0.15) is 22.7 Å². The van der Waals surface area contributed by atoms with E-state index in [1.807, 2.05) is 31.1 Å². The molecule has 154 valence electrons. The van der Waals surface area contributed by atoms with Crippen LogP contribution in [-0.4, -0.2) is 50.9 Å². The summed E-state index contributed by atoms with van der Waals surface area (Å²) in [6.45, 7) is 1.66. The third-order valence-corrected chi connectivity index (χ3v) is 5.52. The van der Waals surface area contributed by atoms with Crippen LogP contribution in [0.5, 0.6) is 0 Å². The first kappa shape index (κ1) is 21.1. The number of likely N-dealkylation sites (N-methyl/N-ethyl adjacent to an activating group) is 2. The summed E-state index contributed by atoms with van der Waals surface area (Å²) in [6.07, 6.45) is 1.03. The van der Waals surface area contributed by atoms with Gasteiger partial charge < -0.3 is 20.4 Å². The number of hydrogen-bond acceptors (Lipinski definition) is 4. The molecule has 6 nitrogen and oxygen atoms in total. The van der Waals surface area contributed by atoms with Crippen LogP contribution in [0, 0.1) is 0 Å². The molecule has 0 radical (unpaired) electrons. The van der Waals surface area contributed by atoms with Crippen LogP contribution in [0.25, 0.3) is 0 Å². The number of nitrogens with one attached hydrogen (secondary N) is 2. The first-order valence-corrected chi connectivity index (χ1v) is 10.0. The molecule has 7 heteroatoms. The topological polar surface area (TPSA) is 64.7 Å². The molecule has 1 aliphatic rings. The van der Waals surface area contributed by atoms with Gasteiger partial charge in [0.05, 0.1) is 6.04 Å². The van der Waals surface area contributed by atoms with E-state index in [2.05, 4.69) is 40.8 Å². The van der Waals surface area contributed by atoms with Gasteiger partial charge in [-0.2, -0.15) is 0 Å². The number of rotatable bonds is 6. The maximum atomic E-state index is 12.2. The Hall–Kier alpha value is -2.57. The molecule has 0 unspecified atom stereocenters. The average molecular weight is 415 g/mol. The fourth-order valence-electron chi connectivity index (χ4n) is 3.53. The Morgan fingerprint density at radius 3 is 2.48 bits per heavy atom. The molecule has 3 rings (SSSR count). The van der Waals surface area contributed by atoms with Gasteiger partial charge in [0, 0.05) is 37.4 Å². The summed E-state index contributed by atoms with van der Waals surface area (Å²) in [5, 5.41) is 6.03. The molecular weight excluding hydrogens is 388 g/mol. The van der Waals surface area contributed by atoms with Crippen molar-refractivity contribution in [3.8, 4) is 0 Å². The number of amides is 2. The van der Waals surface area contributed by atoms with Crippen molar-refractivity contribution in [2.45, 2.75) is 19.0 Å². The number of carbonyl (C=O) groups excluding carboxylic acids is 2. The van der Waals surface area contributed by atoms with Crippen LogP contribution in [0.4, 0.5) is 5.69 Å². The second kappa shape index (κ2) is 9.29. The molecular formula is C22H27ClN4O2. The quantitative estimate of drug-likeness (QED) is 0.712. The molecule has 0 saturated carbocycles. The van der Waals surface area contributed by atoms with E-state index < -0.39 is 11.8 Å². The lowest BCUT2D eigenvalue weighted by atomic mass is 10.0. The summed E-state index contributed by atoms with van der Waals surface area (Å²) in [6, 6.07) is 13.5. The van der Waals surface area contributed by atoms with E-state index in [0.29, 0.717) is 11.6 Å². The first-order chi connectivity index (χ1) is 13.8. The van der Waals surface area contributed by atoms with Crippen LogP contribution in [0.15, 0.2) is 42.5 Å². The van der Waals surface area contributed by atoms with Crippen LogP contribution in [0.3, 0.4) is 0 Å². The monoisotopic (exact) mass is 414 g/mol. The van der Waals surface area contributed by atoms with E-state index in [0.717, 1.165) is 24.1 Å². The SMILES string of the molecule is CN1CCc2cc([C@@H](CNC(=O)C(=O)NCc3ccc(Cl)cc3)N(C)C)ccc21. The number of nitrogens with zero attached hydrogens (tertiary/aromatic N) is 2. The number of hydrogen-bond donors (Lipinski definition) is 2. The van der Waals surface area contributed by atoms with Gasteiger partial charge in [-0.15, -0.1) is 0 Å². The third kappa shape index (κ3) is 5.28. The number of carbonyl (C=O) groups is 2. The highest BCUT2D eigenvalue weighted by Crippen LogP contribution is 2.30. The van der Waals surface area contributed by atoms with E-state index in [1.54, 1.807) is 12.1 Å². The van der Waals surface area contributed by atoms with Gasteiger partial charge in [0.25, 0.3) is 0 Å². The molecule has 1 atom stereocenters. The zero-order valence-corrected chi connectivity index (χ0v) is 17.8. The van der Waals surface area contributed by atoms with Crippen LogP contribution in [-0.2, 0) is 22.6 Å². The molecule has 2 aromatic carbocycles. The van der Waals surface area contributed by atoms with Crippen molar-refractivity contribution < 1.29 is 9.59 Å². The van der Waals surface area contributed by atoms with Crippen LogP contribution >= 0.6 is 11.6 Å². The van der Waals surface area contributed by atoms with Crippen molar-refractivity contribution in [3.63, 3.8) is 0 Å². The van der Waals surface area contributed by atoms with E-state index >= 15 is 0 Å². The fraction of sp³-hybridized carbons (Fsp3) is 0.364. The lowest BCUT2D eigenvalue weighted by Crippen LogP contribution is -2.42. The summed E-state index contributed by atoms with van der Waals surface area (Å²) in [5.41, 5.74) is 4.59. The minimum Gasteiger partial charge on any atom is -0.374 e. The second-order valence-electron chi connectivity index (χ2n) is 7.56. The zero-order chi connectivity index (χ0) is 21.0. The highest BCUT2D eigenvalue weighted by Gasteiger charge is 2.22. The molecule has 1 aliphatic heterocycles. The van der Waals surface area contributed by atoms with Crippen molar-refractivity contribution in [1.29, 1.82) is 0 Å². The molecule has 29 heavy (non-hydrogen) atoms. The maximum absolute atomic E-state index is 12.2. The third-order valence-electron chi connectivity index (χ3n) is 5.27. The molecule has 2 N–H and O–H groups in total. The molecule has 2 aromatic rings. The minimum absolute atomic E-state index is 0.0146. The zero-order valence-electron chi connectivity index (χ0n) is 17.0. The molecule has 2 amide bonds. The lowest BCUT2D eigenvalue weighted by Gasteiger charge is -2.26. The molecule has 0 saturated heterocycles. The average Bonchev–Trinajstić information content (AvgIpc) is 3.07. The maximum Gasteiger partial charge on any atom is 0.309 e. The van der Waals surface area contributed by atoms with Gasteiger partial charge >= 0.3 is 11.8 Å². The Bertz CT molecular complexity index is 883. The number of fused-ring (bicyclic) bond motifs is 1. The van der Waals surface area contributed by atoms with Gasteiger partial charge in [-0.1, -0.05) is 35.9 Å². The normalized spacial score (nSPS) is 13.9. The summed E-state index contributed by atoms with van der Waals surface area (Å²) < 4.78 is 0. The summed E-state index contributed by atoms with van der Waals surface area (Å²) in [7, 11) is 6.03. The van der Waals surface area contributed by atoms with Crippen molar-refractivity contribution >= 4 is 29.1 Å². The predicted molar refractivity (Wildman–Crippen MR) is 116 cm³/mol. The fourth-order valence-corrected chi connectivity index (χ4v) is 3.65. The van der Waals surface area contributed by atoms with Crippen molar-refractivity contribution in [3.05, 3.63) is 64.2 Å². The summed E-state index contributed by atoms with van der Waals surface area (Å²) in [5.74, 6) is -1.28.